The van der Waals surface area contributed by atoms with Crippen LogP contribution in [0.2, 0.25) is 0 Å². The Kier molecular flexibility index (Phi) is 5.34. The Labute approximate surface area is 160 Å². The van der Waals surface area contributed by atoms with E-state index in [0.717, 1.165) is 17.2 Å². The minimum absolute atomic E-state index is 0.337. The van der Waals surface area contributed by atoms with E-state index < -0.39 is 6.10 Å². The van der Waals surface area contributed by atoms with Crippen molar-refractivity contribution in [2.45, 2.75) is 11.3 Å². The molecule has 8 heteroatoms. The van der Waals surface area contributed by atoms with E-state index in [2.05, 4.69) is 10.2 Å². The standard InChI is InChI=1S/C19H18N2O5S/c1-22-13-6-8-14(9-7-13)23-10-11-27-19-21-20-18(26-19)17-12-24-15-4-2-3-5-16(15)25-17/h2-9,17H,10-12H2,1H3. The molecule has 0 bridgehead atoms. The molecular formula is C19H18N2O5S. The molecule has 1 atom stereocenters. The zero-order chi connectivity index (χ0) is 18.5. The van der Waals surface area contributed by atoms with Gasteiger partial charge in [-0.3, -0.25) is 0 Å². The maximum Gasteiger partial charge on any atom is 0.276 e. The number of hydrogen-bond donors (Lipinski definition) is 0. The van der Waals surface area contributed by atoms with Gasteiger partial charge in [0.2, 0.25) is 6.10 Å². The van der Waals surface area contributed by atoms with Crippen molar-refractivity contribution in [3.63, 3.8) is 0 Å². The van der Waals surface area contributed by atoms with Gasteiger partial charge >= 0.3 is 0 Å². The number of aromatic nitrogens is 2. The van der Waals surface area contributed by atoms with Gasteiger partial charge in [0, 0.05) is 5.75 Å². The third-order valence-corrected chi connectivity index (χ3v) is 4.63. The molecule has 0 amide bonds. The van der Waals surface area contributed by atoms with Gasteiger partial charge in [0.1, 0.15) is 18.1 Å². The van der Waals surface area contributed by atoms with Crippen LogP contribution in [0.4, 0.5) is 0 Å². The largest absolute Gasteiger partial charge is 0.497 e. The van der Waals surface area contributed by atoms with Gasteiger partial charge in [-0.05, 0) is 36.4 Å². The van der Waals surface area contributed by atoms with Crippen molar-refractivity contribution in [1.82, 2.24) is 10.2 Å². The molecular weight excluding hydrogens is 368 g/mol. The molecule has 0 radical (unpaired) electrons. The van der Waals surface area contributed by atoms with E-state index in [9.17, 15) is 0 Å². The summed E-state index contributed by atoms with van der Waals surface area (Å²) in [5, 5.41) is 8.60. The summed E-state index contributed by atoms with van der Waals surface area (Å²) in [5.41, 5.74) is 0. The summed E-state index contributed by atoms with van der Waals surface area (Å²) >= 11 is 1.43. The SMILES string of the molecule is COc1ccc(OCCSc2nnc(C3COc4ccccc4O3)o2)cc1. The van der Waals surface area contributed by atoms with E-state index in [1.807, 2.05) is 48.5 Å². The van der Waals surface area contributed by atoms with Gasteiger partial charge in [0.15, 0.2) is 11.5 Å². The predicted octanol–water partition coefficient (Wildman–Crippen LogP) is 3.76. The van der Waals surface area contributed by atoms with Gasteiger partial charge < -0.3 is 23.4 Å². The zero-order valence-electron chi connectivity index (χ0n) is 14.7. The van der Waals surface area contributed by atoms with Gasteiger partial charge in [-0.1, -0.05) is 23.9 Å². The molecule has 3 aromatic rings. The number of para-hydroxylation sites is 2. The number of nitrogens with zero attached hydrogens (tertiary/aromatic N) is 2. The van der Waals surface area contributed by atoms with Crippen molar-refractivity contribution in [3.8, 4) is 23.0 Å². The van der Waals surface area contributed by atoms with Crippen LogP contribution in [0.25, 0.3) is 0 Å². The van der Waals surface area contributed by atoms with Gasteiger partial charge in [-0.25, -0.2) is 0 Å². The van der Waals surface area contributed by atoms with Crippen molar-refractivity contribution in [1.29, 1.82) is 0 Å². The van der Waals surface area contributed by atoms with Gasteiger partial charge in [-0.2, -0.15) is 0 Å². The number of ether oxygens (including phenoxy) is 4. The Morgan fingerprint density at radius 1 is 1.04 bits per heavy atom. The molecule has 1 aliphatic heterocycles. The fourth-order valence-corrected chi connectivity index (χ4v) is 3.09. The fraction of sp³-hybridized carbons (Fsp3) is 0.263. The summed E-state index contributed by atoms with van der Waals surface area (Å²) in [5.74, 6) is 4.06. The topological polar surface area (TPSA) is 75.8 Å². The molecule has 2 aromatic carbocycles. The number of thioether (sulfide) groups is 1. The van der Waals surface area contributed by atoms with Crippen molar-refractivity contribution in [2.75, 3.05) is 26.1 Å². The van der Waals surface area contributed by atoms with Crippen molar-refractivity contribution >= 4 is 11.8 Å². The summed E-state index contributed by atoms with van der Waals surface area (Å²) < 4.78 is 28.0. The second-order valence-electron chi connectivity index (χ2n) is 5.64. The molecule has 0 spiro atoms. The Bertz CT molecular complexity index is 884. The van der Waals surface area contributed by atoms with Crippen molar-refractivity contribution in [3.05, 3.63) is 54.4 Å². The summed E-state index contributed by atoms with van der Waals surface area (Å²) in [6.07, 6.45) is -0.405. The van der Waals surface area contributed by atoms with Crippen LogP contribution in [0.1, 0.15) is 12.0 Å². The Morgan fingerprint density at radius 3 is 2.63 bits per heavy atom. The first-order valence-electron chi connectivity index (χ1n) is 8.43. The first-order chi connectivity index (χ1) is 13.3. The minimum Gasteiger partial charge on any atom is -0.497 e. The van der Waals surface area contributed by atoms with Crippen LogP contribution < -0.4 is 18.9 Å². The maximum absolute atomic E-state index is 5.87. The quantitative estimate of drug-likeness (QED) is 0.449. The van der Waals surface area contributed by atoms with E-state index in [1.165, 1.54) is 11.8 Å². The molecule has 0 N–H and O–H groups in total. The molecule has 0 fully saturated rings. The number of benzene rings is 2. The Hall–Kier alpha value is -2.87. The molecule has 0 saturated carbocycles. The zero-order valence-corrected chi connectivity index (χ0v) is 15.5. The number of fused-ring (bicyclic) bond motifs is 1. The van der Waals surface area contributed by atoms with E-state index in [4.69, 9.17) is 23.4 Å². The van der Waals surface area contributed by atoms with E-state index in [-0.39, 0.29) is 0 Å². The average Bonchev–Trinajstić information content (AvgIpc) is 3.20. The first kappa shape index (κ1) is 17.5. The molecule has 1 aromatic heterocycles. The van der Waals surface area contributed by atoms with Gasteiger partial charge in [0.25, 0.3) is 11.1 Å². The summed E-state index contributed by atoms with van der Waals surface area (Å²) in [7, 11) is 1.63. The highest BCUT2D eigenvalue weighted by Gasteiger charge is 2.27. The van der Waals surface area contributed by atoms with Crippen LogP contribution in [0.15, 0.2) is 58.2 Å². The second-order valence-corrected chi connectivity index (χ2v) is 6.69. The van der Waals surface area contributed by atoms with E-state index >= 15 is 0 Å². The minimum atomic E-state index is -0.405. The highest BCUT2D eigenvalue weighted by molar-refractivity contribution is 7.99. The molecule has 4 rings (SSSR count). The Balaban J connectivity index is 1.26. The monoisotopic (exact) mass is 386 g/mol. The Morgan fingerprint density at radius 2 is 1.81 bits per heavy atom. The third kappa shape index (κ3) is 4.28. The van der Waals surface area contributed by atoms with E-state index in [0.29, 0.717) is 35.8 Å². The second kappa shape index (κ2) is 8.22. The summed E-state index contributed by atoms with van der Waals surface area (Å²) in [6.45, 7) is 0.856. The molecule has 0 saturated heterocycles. The van der Waals surface area contributed by atoms with Gasteiger partial charge in [0.05, 0.1) is 13.7 Å². The van der Waals surface area contributed by atoms with Crippen LogP contribution >= 0.6 is 11.8 Å². The molecule has 1 unspecified atom stereocenters. The average molecular weight is 386 g/mol. The smallest absolute Gasteiger partial charge is 0.276 e. The predicted molar refractivity (Wildman–Crippen MR) is 98.8 cm³/mol. The van der Waals surface area contributed by atoms with E-state index in [1.54, 1.807) is 7.11 Å². The number of hydrogen-bond acceptors (Lipinski definition) is 8. The fourth-order valence-electron chi connectivity index (χ4n) is 2.51. The summed E-state index contributed by atoms with van der Waals surface area (Å²) in [4.78, 5) is 0. The lowest BCUT2D eigenvalue weighted by atomic mass is 10.2. The van der Waals surface area contributed by atoms with Crippen LogP contribution in [0.3, 0.4) is 0 Å². The first-order valence-corrected chi connectivity index (χ1v) is 9.42. The normalized spacial score (nSPS) is 15.4. The third-order valence-electron chi connectivity index (χ3n) is 3.84. The highest BCUT2D eigenvalue weighted by Crippen LogP contribution is 2.35. The van der Waals surface area contributed by atoms with Crippen molar-refractivity contribution in [2.24, 2.45) is 0 Å². The van der Waals surface area contributed by atoms with Gasteiger partial charge in [-0.15, -0.1) is 10.2 Å². The lowest BCUT2D eigenvalue weighted by molar-refractivity contribution is 0.0686. The van der Waals surface area contributed by atoms with Crippen molar-refractivity contribution < 1.29 is 23.4 Å². The number of methoxy groups -OCH3 is 1. The molecule has 1 aliphatic rings. The number of rotatable bonds is 7. The summed E-state index contributed by atoms with van der Waals surface area (Å²) in [6, 6.07) is 15.0. The molecule has 7 nitrogen and oxygen atoms in total. The molecule has 2 heterocycles. The van der Waals surface area contributed by atoms with Crippen LogP contribution in [0, 0.1) is 0 Å². The van der Waals surface area contributed by atoms with Crippen LogP contribution in [-0.2, 0) is 0 Å². The highest BCUT2D eigenvalue weighted by atomic mass is 32.2. The lowest BCUT2D eigenvalue weighted by Gasteiger charge is -2.23. The molecule has 27 heavy (non-hydrogen) atoms. The molecule has 0 aliphatic carbocycles. The molecule has 140 valence electrons. The lowest BCUT2D eigenvalue weighted by Crippen LogP contribution is -2.21. The maximum atomic E-state index is 5.87. The van der Waals surface area contributed by atoms with Crippen LogP contribution in [-0.4, -0.2) is 36.3 Å². The van der Waals surface area contributed by atoms with Crippen LogP contribution in [0.5, 0.6) is 23.0 Å².